The number of rotatable bonds is 18. The van der Waals surface area contributed by atoms with E-state index in [2.05, 4.69) is 56.3 Å². The predicted octanol–water partition coefficient (Wildman–Crippen LogP) is 1.87. The van der Waals surface area contributed by atoms with E-state index in [4.69, 9.17) is 17.2 Å². The predicted molar refractivity (Wildman–Crippen MR) is 288 cm³/mol. The number of nitrogens with one attached hydrogen (secondary N) is 7. The number of hydrogen-bond donors (Lipinski definition) is 10. The summed E-state index contributed by atoms with van der Waals surface area (Å²) in [5, 5.41) is 19.8. The fourth-order valence-electron chi connectivity index (χ4n) is 8.03. The summed E-state index contributed by atoms with van der Waals surface area (Å²) in [5.74, 6) is -3.03. The second-order valence-corrected chi connectivity index (χ2v) is 20.9. The van der Waals surface area contributed by atoms with Gasteiger partial charge < -0.3 is 64.2 Å². The van der Waals surface area contributed by atoms with Gasteiger partial charge in [0.25, 0.3) is 11.8 Å². The Labute approximate surface area is 436 Å². The van der Waals surface area contributed by atoms with Crippen molar-refractivity contribution in [1.82, 2.24) is 47.0 Å². The van der Waals surface area contributed by atoms with Crippen LogP contribution in [0.2, 0.25) is 0 Å². The third-order valence-electron chi connectivity index (χ3n) is 12.9. The molecular weight excluding hydrogens is 945 g/mol. The summed E-state index contributed by atoms with van der Waals surface area (Å²) < 4.78 is 0. The minimum Gasteiger partial charge on any atom is -0.399 e. The number of benzene rings is 3. The van der Waals surface area contributed by atoms with E-state index in [1.807, 2.05) is 57.2 Å². The Morgan fingerprint density at radius 2 is 1.16 bits per heavy atom. The lowest BCUT2D eigenvalue weighted by atomic mass is 9.85. The number of aryl methyl sites for hydroxylation is 1. The number of carbonyl (C=O) groups is 8. The highest BCUT2D eigenvalue weighted by Crippen LogP contribution is 2.27. The molecule has 5 rings (SSSR count). The Hall–Kier alpha value is -7.06. The van der Waals surface area contributed by atoms with Crippen molar-refractivity contribution in [3.05, 3.63) is 95.1 Å². The van der Waals surface area contributed by atoms with Crippen LogP contribution >= 0.6 is 0 Å². The molecule has 2 heterocycles. The fraction of sp³-hybridized carbons (Fsp3) is 0.519. The zero-order chi connectivity index (χ0) is 55.5. The number of hydrogen-bond acceptors (Lipinski definition) is 12. The monoisotopic (exact) mass is 1030 g/mol. The van der Waals surface area contributed by atoms with Gasteiger partial charge in [-0.15, -0.1) is 0 Å². The zero-order valence-electron chi connectivity index (χ0n) is 45.1. The van der Waals surface area contributed by atoms with Crippen LogP contribution < -0.4 is 54.4 Å². The summed E-state index contributed by atoms with van der Waals surface area (Å²) in [4.78, 5) is 105. The lowest BCUT2D eigenvalue weighted by Crippen LogP contribution is -2.59. The summed E-state index contributed by atoms with van der Waals surface area (Å²) in [7, 11) is 3.30. The smallest absolute Gasteiger partial charge is 0.251 e. The molecule has 3 aromatic carbocycles. The van der Waals surface area contributed by atoms with Gasteiger partial charge in [0.2, 0.25) is 35.9 Å². The first-order valence-electron chi connectivity index (χ1n) is 25.2. The number of nitrogen functional groups attached to an aromatic ring is 2. The lowest BCUT2D eigenvalue weighted by molar-refractivity contribution is -0.143. The molecule has 7 atom stereocenters. The van der Waals surface area contributed by atoms with E-state index in [0.29, 0.717) is 25.9 Å². The Balaban J connectivity index is 0.000000561. The minimum atomic E-state index is -1.00. The number of likely N-dealkylation sites (N-methyl/N-ethyl adjacent to an activating group) is 2. The van der Waals surface area contributed by atoms with E-state index in [1.165, 1.54) is 22.1 Å². The van der Waals surface area contributed by atoms with Crippen LogP contribution in [0.25, 0.3) is 0 Å². The van der Waals surface area contributed by atoms with Crippen LogP contribution in [0.5, 0.6) is 0 Å². The van der Waals surface area contributed by atoms with E-state index in [9.17, 15) is 38.4 Å². The summed E-state index contributed by atoms with van der Waals surface area (Å²) in [6, 6.07) is 17.0. The van der Waals surface area contributed by atoms with E-state index in [1.54, 1.807) is 71.8 Å². The van der Waals surface area contributed by atoms with Crippen molar-refractivity contribution >= 4 is 59.1 Å². The molecule has 0 aromatic heterocycles. The van der Waals surface area contributed by atoms with Gasteiger partial charge >= 0.3 is 0 Å². The number of primary amides is 1. The fourth-order valence-corrected chi connectivity index (χ4v) is 8.03. The Morgan fingerprint density at radius 1 is 0.689 bits per heavy atom. The maximum atomic E-state index is 13.8. The molecule has 2 saturated heterocycles. The average Bonchev–Trinajstić information content (AvgIpc) is 4.02. The molecular formula is C54H82N12O8. The number of nitrogens with zero attached hydrogens (tertiary/aromatic N) is 2. The maximum absolute atomic E-state index is 13.8. The normalized spacial score (nSPS) is 17.9. The highest BCUT2D eigenvalue weighted by Gasteiger charge is 2.45. The molecule has 20 heteroatoms. The van der Waals surface area contributed by atoms with E-state index in [-0.39, 0.29) is 54.4 Å². The minimum absolute atomic E-state index is 0.00639. The summed E-state index contributed by atoms with van der Waals surface area (Å²) in [6.07, 6.45) is 3.23. The third-order valence-corrected chi connectivity index (χ3v) is 12.9. The van der Waals surface area contributed by atoms with Crippen molar-refractivity contribution in [2.24, 2.45) is 16.6 Å². The molecule has 0 spiro atoms. The van der Waals surface area contributed by atoms with Crippen LogP contribution in [-0.2, 0) is 41.6 Å². The van der Waals surface area contributed by atoms with Crippen LogP contribution in [0.15, 0.2) is 72.8 Å². The second kappa shape index (κ2) is 28.4. The van der Waals surface area contributed by atoms with E-state index >= 15 is 0 Å². The lowest BCUT2D eigenvalue weighted by Gasteiger charge is -2.35. The molecule has 2 aliphatic rings. The SMILES string of the molecule is CCc1ccc(N)cc1.CNC(C)C(=O)N[C@H](C(=O)N1CC(NC(=O)c2cccc(C(=O)N[C@H]3CCN(C(=O)C(NC(=O)[C@H](C)NC)C(C)(C)C)C3)c2)CC1C(N)=O)C(C)(C)C.Nc1ccc(CCNC=O)cc1. The zero-order valence-corrected chi connectivity index (χ0v) is 45.1. The van der Waals surface area contributed by atoms with Crippen LogP contribution in [-0.4, -0.2) is 140 Å². The number of nitrogens with two attached hydrogens (primary N) is 3. The van der Waals surface area contributed by atoms with Crippen molar-refractivity contribution in [2.45, 2.75) is 130 Å². The largest absolute Gasteiger partial charge is 0.399 e. The molecule has 74 heavy (non-hydrogen) atoms. The van der Waals surface area contributed by atoms with Crippen molar-refractivity contribution in [3.63, 3.8) is 0 Å². The highest BCUT2D eigenvalue weighted by molar-refractivity contribution is 6.00. The standard InChI is InChI=1S/C37H59N9O7.C9H12N2O.C8H11N/c1-20(39-9)30(48)43-27(36(3,4)5)34(52)45-15-14-24(18-45)41-32(50)22-12-11-13-23(16-22)33(51)42-25-17-26(29(38)47)46(19-25)35(53)28(37(6,7)8)44-31(49)21(2)40-10;10-9-3-1-8(2-4-9)5-6-11-7-12;1-2-7-3-5-8(9)6-4-7/h11-13,16,20-21,24-28,39-40H,14-15,17-19H2,1-10H3,(H2,38,47)(H,41,50)(H,42,51)(H,43,48)(H,44,49);1-4,7H,5-6,10H2,(H,11,12);3-6H,2,9H2,1H3/t20-,21?,24-,25?,26?,27?,28+;;/m0../s1. The van der Waals surface area contributed by atoms with Crippen LogP contribution in [0.4, 0.5) is 11.4 Å². The maximum Gasteiger partial charge on any atom is 0.251 e. The van der Waals surface area contributed by atoms with E-state index < -0.39 is 70.7 Å². The molecule has 20 nitrogen and oxygen atoms in total. The van der Waals surface area contributed by atoms with Gasteiger partial charge in [-0.3, -0.25) is 38.4 Å². The van der Waals surface area contributed by atoms with Crippen molar-refractivity contribution < 1.29 is 38.4 Å². The van der Waals surface area contributed by atoms with Gasteiger partial charge in [-0.1, -0.05) is 78.8 Å². The highest BCUT2D eigenvalue weighted by atomic mass is 16.2. The van der Waals surface area contributed by atoms with Crippen molar-refractivity contribution in [2.75, 3.05) is 51.7 Å². The molecule has 2 aliphatic heterocycles. The molecule has 0 aliphatic carbocycles. The molecule has 406 valence electrons. The summed E-state index contributed by atoms with van der Waals surface area (Å²) >= 11 is 0. The molecule has 0 bridgehead atoms. The molecule has 4 unspecified atom stereocenters. The van der Waals surface area contributed by atoms with E-state index in [0.717, 1.165) is 24.2 Å². The molecule has 0 radical (unpaired) electrons. The number of likely N-dealkylation sites (tertiary alicyclic amines) is 2. The van der Waals surface area contributed by atoms with Gasteiger partial charge in [0.15, 0.2) is 0 Å². The first-order chi connectivity index (χ1) is 34.7. The average molecular weight is 1030 g/mol. The quantitative estimate of drug-likeness (QED) is 0.0497. The van der Waals surface area contributed by atoms with Crippen LogP contribution in [0, 0.1) is 10.8 Å². The first-order valence-corrected chi connectivity index (χ1v) is 25.2. The first kappa shape index (κ1) is 61.2. The Bertz CT molecular complexity index is 2370. The second-order valence-electron chi connectivity index (χ2n) is 20.9. The van der Waals surface area contributed by atoms with Gasteiger partial charge in [-0.25, -0.2) is 0 Å². The van der Waals surface area contributed by atoms with Gasteiger partial charge in [0, 0.05) is 60.8 Å². The Kier molecular flexibility index (Phi) is 23.5. The number of anilines is 2. The molecule has 3 aromatic rings. The Morgan fingerprint density at radius 3 is 1.61 bits per heavy atom. The van der Waals surface area contributed by atoms with Crippen LogP contribution in [0.1, 0.15) is 107 Å². The third kappa shape index (κ3) is 18.8. The van der Waals surface area contributed by atoms with Crippen molar-refractivity contribution in [3.8, 4) is 0 Å². The van der Waals surface area contributed by atoms with Gasteiger partial charge in [0.1, 0.15) is 18.1 Å². The topological polar surface area (TPSA) is 305 Å². The van der Waals surface area contributed by atoms with Gasteiger partial charge in [-0.05, 0) is 118 Å². The molecule has 8 amide bonds. The van der Waals surface area contributed by atoms with Gasteiger partial charge in [-0.2, -0.15) is 0 Å². The number of amides is 8. The van der Waals surface area contributed by atoms with Crippen LogP contribution in [0.3, 0.4) is 0 Å². The van der Waals surface area contributed by atoms with Gasteiger partial charge in [0.05, 0.1) is 12.1 Å². The molecule has 2 fully saturated rings. The molecule has 13 N–H and O–H groups in total. The summed E-state index contributed by atoms with van der Waals surface area (Å²) in [6.45, 7) is 17.9. The van der Waals surface area contributed by atoms with Crippen molar-refractivity contribution in [1.29, 1.82) is 0 Å². The molecule has 0 saturated carbocycles. The number of carbonyl (C=O) groups excluding carboxylic acids is 8. The summed E-state index contributed by atoms with van der Waals surface area (Å²) in [5.41, 5.74) is 20.0.